The van der Waals surface area contributed by atoms with Crippen LogP contribution in [0.5, 0.6) is 11.5 Å². The van der Waals surface area contributed by atoms with Crippen LogP contribution in [0, 0.1) is 0 Å². The molecule has 1 fully saturated rings. The summed E-state index contributed by atoms with van der Waals surface area (Å²) in [6.07, 6.45) is -7.16. The van der Waals surface area contributed by atoms with Crippen LogP contribution >= 0.6 is 0 Å². The second-order valence-corrected chi connectivity index (χ2v) is 6.55. The molecule has 1 aliphatic heterocycles. The van der Waals surface area contributed by atoms with Gasteiger partial charge in [-0.2, -0.15) is 0 Å². The molecule has 28 heavy (non-hydrogen) atoms. The zero-order valence-corrected chi connectivity index (χ0v) is 14.4. The summed E-state index contributed by atoms with van der Waals surface area (Å²) in [6, 6.07) is 8.81. The molecular weight excluding hydrogens is 372 g/mol. The summed E-state index contributed by atoms with van der Waals surface area (Å²) in [7, 11) is 0. The van der Waals surface area contributed by atoms with Crippen LogP contribution in [-0.2, 0) is 4.74 Å². The molecule has 2 heterocycles. The van der Waals surface area contributed by atoms with Crippen LogP contribution in [-0.4, -0.2) is 62.8 Å². The molecule has 4 rings (SSSR count). The molecule has 0 unspecified atom stereocenters. The molecule has 2 aromatic carbocycles. The summed E-state index contributed by atoms with van der Waals surface area (Å²) in [4.78, 5) is 12.7. The quantitative estimate of drug-likeness (QED) is 0.384. The van der Waals surface area contributed by atoms with Crippen molar-refractivity contribution in [3.8, 4) is 11.5 Å². The van der Waals surface area contributed by atoms with Crippen molar-refractivity contribution >= 4 is 21.9 Å². The first-order chi connectivity index (χ1) is 13.4. The average Bonchev–Trinajstić information content (AvgIpc) is 2.69. The molecule has 1 aromatic heterocycles. The number of fused-ring (bicyclic) bond motifs is 2. The van der Waals surface area contributed by atoms with E-state index in [2.05, 4.69) is 0 Å². The van der Waals surface area contributed by atoms with Gasteiger partial charge in [-0.15, -0.1) is 0 Å². The van der Waals surface area contributed by atoms with E-state index in [1.54, 1.807) is 12.1 Å². The lowest BCUT2D eigenvalue weighted by Crippen LogP contribution is -2.60. The van der Waals surface area contributed by atoms with Crippen LogP contribution in [0.3, 0.4) is 0 Å². The minimum atomic E-state index is -1.58. The summed E-state index contributed by atoms with van der Waals surface area (Å²) in [5.74, 6) is -0.0905. The molecule has 5 N–H and O–H groups in total. The minimum Gasteiger partial charge on any atom is -0.507 e. The van der Waals surface area contributed by atoms with Gasteiger partial charge in [-0.1, -0.05) is 6.07 Å². The van der Waals surface area contributed by atoms with Gasteiger partial charge in [0.15, 0.2) is 0 Å². The molecule has 0 bridgehead atoms. The molecule has 0 spiro atoms. The second kappa shape index (κ2) is 7.04. The number of hydrogen-bond donors (Lipinski definition) is 5. The van der Waals surface area contributed by atoms with E-state index >= 15 is 0 Å². The number of benzene rings is 2. The zero-order chi connectivity index (χ0) is 20.0. The van der Waals surface area contributed by atoms with Crippen LogP contribution in [0.1, 0.15) is 0 Å². The standard InChI is InChI=1S/C19H18O9/c20-7-13-16(23)17(24)18(25)19(28-13)26-8-4-5-11-9(6-8)15(22)14-10(21)2-1-3-12(14)27-11/h1-6,13,16-21,23-25H,7H2/t13-,16-,17+,18-,19-/m1/s1. The van der Waals surface area contributed by atoms with Gasteiger partial charge in [0, 0.05) is 0 Å². The normalized spacial score (nSPS) is 27.9. The molecular formula is C19H18O9. The van der Waals surface area contributed by atoms with Crippen molar-refractivity contribution in [2.45, 2.75) is 30.7 Å². The lowest BCUT2D eigenvalue weighted by Gasteiger charge is -2.39. The largest absolute Gasteiger partial charge is 0.507 e. The summed E-state index contributed by atoms with van der Waals surface area (Å²) < 4.78 is 16.5. The zero-order valence-electron chi connectivity index (χ0n) is 14.4. The smallest absolute Gasteiger partial charge is 0.229 e. The maximum Gasteiger partial charge on any atom is 0.229 e. The Bertz CT molecular complexity index is 1070. The summed E-state index contributed by atoms with van der Waals surface area (Å²) in [5, 5.41) is 49.1. The molecule has 1 aliphatic rings. The second-order valence-electron chi connectivity index (χ2n) is 6.55. The Balaban J connectivity index is 1.72. The molecule has 9 heteroatoms. The molecule has 0 radical (unpaired) electrons. The van der Waals surface area contributed by atoms with Crippen molar-refractivity contribution in [2.24, 2.45) is 0 Å². The maximum absolute atomic E-state index is 12.7. The minimum absolute atomic E-state index is 0.0278. The Kier molecular flexibility index (Phi) is 4.69. The fourth-order valence-electron chi connectivity index (χ4n) is 3.23. The highest BCUT2D eigenvalue weighted by atomic mass is 16.7. The lowest BCUT2D eigenvalue weighted by atomic mass is 9.99. The number of aliphatic hydroxyl groups is 4. The number of aromatic hydroxyl groups is 1. The Labute approximate surface area is 157 Å². The number of phenolic OH excluding ortho intramolecular Hbond substituents is 1. The number of rotatable bonds is 3. The first kappa shape index (κ1) is 18.7. The third-order valence-electron chi connectivity index (χ3n) is 4.75. The Morgan fingerprint density at radius 3 is 2.54 bits per heavy atom. The Morgan fingerprint density at radius 2 is 1.79 bits per heavy atom. The van der Waals surface area contributed by atoms with Crippen molar-refractivity contribution in [3.63, 3.8) is 0 Å². The van der Waals surface area contributed by atoms with Crippen LogP contribution in [0.25, 0.3) is 21.9 Å². The van der Waals surface area contributed by atoms with Gasteiger partial charge in [0.25, 0.3) is 0 Å². The van der Waals surface area contributed by atoms with Gasteiger partial charge in [0.2, 0.25) is 11.7 Å². The van der Waals surface area contributed by atoms with E-state index in [4.69, 9.17) is 13.9 Å². The van der Waals surface area contributed by atoms with Crippen molar-refractivity contribution in [1.29, 1.82) is 0 Å². The number of hydrogen-bond acceptors (Lipinski definition) is 9. The lowest BCUT2D eigenvalue weighted by molar-refractivity contribution is -0.277. The van der Waals surface area contributed by atoms with Crippen LogP contribution in [0.2, 0.25) is 0 Å². The summed E-state index contributed by atoms with van der Waals surface area (Å²) in [5.41, 5.74) is 0.0398. The van der Waals surface area contributed by atoms with Crippen molar-refractivity contribution in [3.05, 3.63) is 46.6 Å². The first-order valence-corrected chi connectivity index (χ1v) is 8.56. The van der Waals surface area contributed by atoms with Crippen molar-refractivity contribution < 1.29 is 39.4 Å². The number of phenols is 1. The third-order valence-corrected chi connectivity index (χ3v) is 4.75. The highest BCUT2D eigenvalue weighted by Crippen LogP contribution is 2.29. The third kappa shape index (κ3) is 2.99. The van der Waals surface area contributed by atoms with E-state index in [0.717, 1.165) is 0 Å². The predicted octanol–water partition coefficient (Wildman–Crippen LogP) is -0.169. The molecule has 0 saturated carbocycles. The number of aliphatic hydroxyl groups excluding tert-OH is 4. The van der Waals surface area contributed by atoms with Crippen molar-refractivity contribution in [2.75, 3.05) is 6.61 Å². The molecule has 1 saturated heterocycles. The first-order valence-electron chi connectivity index (χ1n) is 8.56. The van der Waals surface area contributed by atoms with Crippen LogP contribution in [0.4, 0.5) is 0 Å². The molecule has 5 atom stereocenters. The van der Waals surface area contributed by atoms with Crippen LogP contribution in [0.15, 0.2) is 45.6 Å². The van der Waals surface area contributed by atoms with E-state index in [1.165, 1.54) is 24.3 Å². The van der Waals surface area contributed by atoms with Gasteiger partial charge in [-0.05, 0) is 30.3 Å². The van der Waals surface area contributed by atoms with Gasteiger partial charge in [-0.3, -0.25) is 4.79 Å². The molecule has 0 aliphatic carbocycles. The van der Waals surface area contributed by atoms with Gasteiger partial charge in [-0.25, -0.2) is 0 Å². The molecule has 9 nitrogen and oxygen atoms in total. The highest BCUT2D eigenvalue weighted by Gasteiger charge is 2.44. The SMILES string of the molecule is O=c1c2cc(O[C@@H]3O[C@H](CO)[C@@H](O)[C@H](O)[C@H]3O)ccc2oc2cccc(O)c12. The molecule has 148 valence electrons. The van der Waals surface area contributed by atoms with E-state index in [-0.39, 0.29) is 33.4 Å². The van der Waals surface area contributed by atoms with E-state index in [0.29, 0.717) is 0 Å². The Hall–Kier alpha value is -2.69. The highest BCUT2D eigenvalue weighted by molar-refractivity contribution is 5.93. The van der Waals surface area contributed by atoms with E-state index in [1.807, 2.05) is 0 Å². The topological polar surface area (TPSA) is 150 Å². The fraction of sp³-hybridized carbons (Fsp3) is 0.316. The summed E-state index contributed by atoms with van der Waals surface area (Å²) in [6.45, 7) is -0.586. The van der Waals surface area contributed by atoms with Gasteiger partial charge >= 0.3 is 0 Å². The monoisotopic (exact) mass is 390 g/mol. The molecule has 3 aromatic rings. The van der Waals surface area contributed by atoms with Crippen molar-refractivity contribution in [1.82, 2.24) is 0 Å². The van der Waals surface area contributed by atoms with E-state index < -0.39 is 42.7 Å². The van der Waals surface area contributed by atoms with Gasteiger partial charge in [0.05, 0.1) is 12.0 Å². The fourth-order valence-corrected chi connectivity index (χ4v) is 3.23. The summed E-state index contributed by atoms with van der Waals surface area (Å²) >= 11 is 0. The molecule has 0 amide bonds. The average molecular weight is 390 g/mol. The van der Waals surface area contributed by atoms with E-state index in [9.17, 15) is 30.3 Å². The maximum atomic E-state index is 12.7. The number of ether oxygens (including phenoxy) is 2. The van der Waals surface area contributed by atoms with Gasteiger partial charge in [0.1, 0.15) is 52.5 Å². The predicted molar refractivity (Wildman–Crippen MR) is 96.1 cm³/mol. The van der Waals surface area contributed by atoms with Crippen LogP contribution < -0.4 is 10.2 Å². The van der Waals surface area contributed by atoms with Gasteiger partial charge < -0.3 is 39.4 Å². The Morgan fingerprint density at radius 1 is 1.00 bits per heavy atom.